The summed E-state index contributed by atoms with van der Waals surface area (Å²) in [6.07, 6.45) is 15.8. The zero-order valence-electron chi connectivity index (χ0n) is 33.4. The fourth-order valence-corrected chi connectivity index (χ4v) is 8.98. The van der Waals surface area contributed by atoms with E-state index in [2.05, 4.69) is 48.9 Å². The molecule has 4 aliphatic rings. The molecule has 1 aromatic heterocycles. The van der Waals surface area contributed by atoms with Gasteiger partial charge in [0.05, 0.1) is 19.5 Å². The highest BCUT2D eigenvalue weighted by Gasteiger charge is 2.29. The number of carbonyl (C=O) groups excluding carboxylic acids is 2. The van der Waals surface area contributed by atoms with Crippen LogP contribution in [0.5, 0.6) is 0 Å². The first-order chi connectivity index (χ1) is 28.2. The molecule has 1 unspecified atom stereocenters. The molecule has 12 heteroatoms. The van der Waals surface area contributed by atoms with Gasteiger partial charge in [-0.05, 0) is 124 Å². The molecule has 7 rings (SSSR count). The van der Waals surface area contributed by atoms with Crippen molar-refractivity contribution in [1.82, 2.24) is 25.1 Å². The molecule has 10 nitrogen and oxygen atoms in total. The van der Waals surface area contributed by atoms with Crippen LogP contribution in [-0.2, 0) is 14.3 Å². The minimum Gasteiger partial charge on any atom is -0.374 e. The molecule has 1 aliphatic carbocycles. The van der Waals surface area contributed by atoms with Gasteiger partial charge in [-0.15, -0.1) is 0 Å². The molecule has 4 heterocycles. The molecular formula is C46H57F2N7O3. The second kappa shape index (κ2) is 19.8. The number of imide groups is 1. The topological polar surface area (TPSA) is 112 Å². The van der Waals surface area contributed by atoms with E-state index in [9.17, 15) is 14.0 Å². The van der Waals surface area contributed by atoms with Gasteiger partial charge in [-0.1, -0.05) is 55.7 Å². The van der Waals surface area contributed by atoms with Gasteiger partial charge >= 0.3 is 0 Å². The molecule has 0 bridgehead atoms. The Morgan fingerprint density at radius 3 is 2.36 bits per heavy atom. The number of hydrogen-bond acceptors (Lipinski definition) is 9. The molecule has 4 fully saturated rings. The summed E-state index contributed by atoms with van der Waals surface area (Å²) in [6.45, 7) is 14.0. The Labute approximate surface area is 341 Å². The lowest BCUT2D eigenvalue weighted by atomic mass is 9.81. The number of likely N-dealkylation sites (tertiary alicyclic amines) is 2. The number of nitrogens with one attached hydrogen (secondary N) is 3. The average molecular weight is 794 g/mol. The van der Waals surface area contributed by atoms with Gasteiger partial charge in [-0.25, -0.2) is 18.7 Å². The molecule has 0 radical (unpaired) electrons. The maximum atomic E-state index is 15.2. The van der Waals surface area contributed by atoms with Crippen LogP contribution in [0.2, 0.25) is 0 Å². The van der Waals surface area contributed by atoms with Crippen LogP contribution >= 0.6 is 0 Å². The summed E-state index contributed by atoms with van der Waals surface area (Å²) < 4.78 is 36.4. The lowest BCUT2D eigenvalue weighted by Crippen LogP contribution is -2.47. The first-order valence-electron chi connectivity index (χ1n) is 21.0. The number of benzene rings is 2. The van der Waals surface area contributed by atoms with Gasteiger partial charge in [-0.3, -0.25) is 19.8 Å². The fraction of sp³-hybridized carbons (Fsp3) is 0.478. The normalized spacial score (nSPS) is 23.0. The van der Waals surface area contributed by atoms with E-state index in [1.165, 1.54) is 37.9 Å². The first kappa shape index (κ1) is 41.4. The van der Waals surface area contributed by atoms with E-state index < -0.39 is 11.9 Å². The van der Waals surface area contributed by atoms with Crippen LogP contribution in [0.25, 0.3) is 16.8 Å². The molecular weight excluding hydrogens is 737 g/mol. The highest BCUT2D eigenvalue weighted by molar-refractivity contribution is 6.01. The third-order valence-electron chi connectivity index (χ3n) is 12.4. The van der Waals surface area contributed by atoms with E-state index in [-0.39, 0.29) is 41.7 Å². The average Bonchev–Trinajstić information content (AvgIpc) is 3.23. The number of amides is 2. The molecule has 3 N–H and O–H groups in total. The predicted molar refractivity (Wildman–Crippen MR) is 225 cm³/mol. The van der Waals surface area contributed by atoms with Crippen molar-refractivity contribution in [3.8, 4) is 11.3 Å². The van der Waals surface area contributed by atoms with Crippen LogP contribution in [-0.4, -0.2) is 89.7 Å². The quantitative estimate of drug-likeness (QED) is 0.104. The Balaban J connectivity index is 0.772. The van der Waals surface area contributed by atoms with Gasteiger partial charge in [0, 0.05) is 43.3 Å². The molecule has 1 atom stereocenters. The van der Waals surface area contributed by atoms with Gasteiger partial charge in [0.2, 0.25) is 17.8 Å². The third kappa shape index (κ3) is 10.8. The van der Waals surface area contributed by atoms with Crippen molar-refractivity contribution in [2.24, 2.45) is 11.8 Å². The first-order valence-corrected chi connectivity index (χ1v) is 21.0. The van der Waals surface area contributed by atoms with Crippen LogP contribution in [0.4, 0.5) is 20.4 Å². The lowest BCUT2D eigenvalue weighted by molar-refractivity contribution is -0.133. The molecule has 3 saturated heterocycles. The summed E-state index contributed by atoms with van der Waals surface area (Å²) in [6, 6.07) is 12.5. The molecule has 58 heavy (non-hydrogen) atoms. The van der Waals surface area contributed by atoms with Crippen molar-refractivity contribution in [3.63, 3.8) is 0 Å². The zero-order chi connectivity index (χ0) is 40.4. The Hall–Kier alpha value is -4.78. The third-order valence-corrected chi connectivity index (χ3v) is 12.4. The van der Waals surface area contributed by atoms with E-state index in [1.807, 2.05) is 42.5 Å². The van der Waals surface area contributed by atoms with Gasteiger partial charge in [-0.2, -0.15) is 0 Å². The highest BCUT2D eigenvalue weighted by atomic mass is 19.1. The maximum Gasteiger partial charge on any atom is 0.249 e. The van der Waals surface area contributed by atoms with Gasteiger partial charge in [0.1, 0.15) is 17.6 Å². The summed E-state index contributed by atoms with van der Waals surface area (Å²) in [5.74, 6) is 0.608. The second-order valence-corrected chi connectivity index (χ2v) is 16.4. The Bertz CT molecular complexity index is 1950. The van der Waals surface area contributed by atoms with Crippen LogP contribution in [0.1, 0.15) is 81.3 Å². The summed E-state index contributed by atoms with van der Waals surface area (Å²) in [5, 5.41) is 8.86. The van der Waals surface area contributed by atoms with E-state index >= 15 is 4.39 Å². The molecule has 2 aromatic carbocycles. The molecule has 2 amide bonds. The molecule has 0 spiro atoms. The minimum absolute atomic E-state index is 0.194. The van der Waals surface area contributed by atoms with Gasteiger partial charge in [0.25, 0.3) is 0 Å². The van der Waals surface area contributed by atoms with Crippen LogP contribution < -0.4 is 16.0 Å². The number of allylic oxidation sites excluding steroid dienone is 4. The van der Waals surface area contributed by atoms with Gasteiger partial charge < -0.3 is 20.3 Å². The molecule has 3 aromatic rings. The number of halogens is 2. The standard InChI is InChI=1S/C46H57F2N7O3/c1-3-6-33(4-2)35-7-5-8-36(25-35)44-41(48)27-49-46(53-44)51-37-19-23-55(24-20-37)30-58-29-32-11-9-31(10-12-32)28-54-21-17-34(18-22-54)39-14-13-38(26-40(39)47)50-42-15-16-43(56)52-45(42)57/h3-8,13-14,25-27,31-32,34,37,42,50H,1-2,9-12,15-24,28-30H2,(H,49,51,53)(H,52,56,57)/b33-6+. The largest absolute Gasteiger partial charge is 0.374 e. The maximum absolute atomic E-state index is 15.2. The second-order valence-electron chi connectivity index (χ2n) is 16.4. The number of nitrogens with zero attached hydrogens (tertiary/aromatic N) is 4. The fourth-order valence-electron chi connectivity index (χ4n) is 8.98. The van der Waals surface area contributed by atoms with Crippen molar-refractivity contribution in [2.45, 2.75) is 82.2 Å². The summed E-state index contributed by atoms with van der Waals surface area (Å²) >= 11 is 0. The smallest absolute Gasteiger partial charge is 0.249 e. The molecule has 1 saturated carbocycles. The minimum atomic E-state index is -0.525. The summed E-state index contributed by atoms with van der Waals surface area (Å²) in [4.78, 5) is 37.3. The van der Waals surface area contributed by atoms with E-state index in [1.54, 1.807) is 12.2 Å². The predicted octanol–water partition coefficient (Wildman–Crippen LogP) is 7.93. The zero-order valence-corrected chi connectivity index (χ0v) is 33.4. The summed E-state index contributed by atoms with van der Waals surface area (Å²) in [7, 11) is 0. The van der Waals surface area contributed by atoms with Crippen molar-refractivity contribution < 1.29 is 23.1 Å². The Morgan fingerprint density at radius 1 is 0.879 bits per heavy atom. The van der Waals surface area contributed by atoms with Crippen molar-refractivity contribution >= 4 is 29.0 Å². The van der Waals surface area contributed by atoms with Crippen molar-refractivity contribution in [2.75, 3.05) is 56.7 Å². The van der Waals surface area contributed by atoms with Gasteiger partial charge in [0.15, 0.2) is 5.82 Å². The van der Waals surface area contributed by atoms with Crippen LogP contribution in [0.15, 0.2) is 80.0 Å². The van der Waals surface area contributed by atoms with Crippen molar-refractivity contribution in [1.29, 1.82) is 0 Å². The Morgan fingerprint density at radius 2 is 1.64 bits per heavy atom. The number of anilines is 2. The number of aromatic nitrogens is 2. The number of ether oxygens (including phenoxy) is 1. The Kier molecular flexibility index (Phi) is 14.1. The van der Waals surface area contributed by atoms with E-state index in [0.29, 0.717) is 42.2 Å². The number of rotatable bonds is 15. The number of hydrogen-bond donors (Lipinski definition) is 3. The highest BCUT2D eigenvalue weighted by Crippen LogP contribution is 2.34. The van der Waals surface area contributed by atoms with Crippen LogP contribution in [0.3, 0.4) is 0 Å². The van der Waals surface area contributed by atoms with E-state index in [0.717, 1.165) is 81.7 Å². The molecule has 3 aliphatic heterocycles. The van der Waals surface area contributed by atoms with Crippen LogP contribution in [0, 0.1) is 23.5 Å². The number of carbonyl (C=O) groups is 2. The lowest BCUT2D eigenvalue weighted by Gasteiger charge is -2.37. The summed E-state index contributed by atoms with van der Waals surface area (Å²) in [5.41, 5.74) is 4.08. The monoisotopic (exact) mass is 793 g/mol. The molecule has 308 valence electrons. The number of piperidine rings is 3. The SMILES string of the molecule is C=C/C=C(\C=C)c1cccc(-c2nc(NC3CCN(COCC4CCC(CN5CCC(c6ccc(NC7CCC(=O)NC7=O)cc6F)CC5)CC4)CC3)ncc2F)c1. The van der Waals surface area contributed by atoms with E-state index in [4.69, 9.17) is 4.74 Å². The van der Waals surface area contributed by atoms with Crippen molar-refractivity contribution in [3.05, 3.63) is 103 Å².